The molecule has 0 aromatic heterocycles. The molecule has 2 nitrogen and oxygen atoms in total. The normalized spacial score (nSPS) is 10.7. The van der Waals surface area contributed by atoms with Gasteiger partial charge in [-0.25, -0.2) is 0 Å². The van der Waals surface area contributed by atoms with Crippen LogP contribution in [0.2, 0.25) is 0 Å². The molecule has 0 saturated carbocycles. The topological polar surface area (TPSA) is 21.3 Å². The van der Waals surface area contributed by atoms with Crippen LogP contribution in [0.4, 0.5) is 0 Å². The largest absolute Gasteiger partial charge is 0.494 e. The first-order valence-corrected chi connectivity index (χ1v) is 7.64. The van der Waals surface area contributed by atoms with Crippen molar-refractivity contribution in [3.63, 3.8) is 0 Å². The van der Waals surface area contributed by atoms with Gasteiger partial charge in [-0.15, -0.1) is 0 Å². The molecule has 0 aliphatic rings. The Morgan fingerprint density at radius 2 is 1.58 bits per heavy atom. The van der Waals surface area contributed by atoms with Gasteiger partial charge in [0.15, 0.2) is 0 Å². The molecule has 0 aliphatic heterocycles. The Balaban J connectivity index is 2.01. The molecular weight excluding hydrogens is 234 g/mol. The lowest BCUT2D eigenvalue weighted by atomic mass is 10.1. The highest BCUT2D eigenvalue weighted by molar-refractivity contribution is 5.32. The average Bonchev–Trinajstić information content (AvgIpc) is 2.36. The summed E-state index contributed by atoms with van der Waals surface area (Å²) >= 11 is 0. The van der Waals surface area contributed by atoms with Crippen molar-refractivity contribution in [2.45, 2.75) is 52.9 Å². The molecule has 1 N–H and O–H groups in total. The van der Waals surface area contributed by atoms with Crippen molar-refractivity contribution in [3.05, 3.63) is 29.3 Å². The molecule has 0 fully saturated rings. The fraction of sp³-hybridized carbons (Fsp3) is 0.647. The van der Waals surface area contributed by atoms with E-state index in [2.05, 4.69) is 44.3 Å². The third kappa shape index (κ3) is 7.89. The van der Waals surface area contributed by atoms with Gasteiger partial charge in [-0.2, -0.15) is 0 Å². The Labute approximate surface area is 118 Å². The van der Waals surface area contributed by atoms with Crippen LogP contribution in [0.5, 0.6) is 5.75 Å². The number of hydrogen-bond donors (Lipinski definition) is 1. The lowest BCUT2D eigenvalue weighted by Crippen LogP contribution is -2.16. The van der Waals surface area contributed by atoms with Gasteiger partial charge in [-0.05, 0) is 75.9 Å². The maximum absolute atomic E-state index is 5.79. The van der Waals surface area contributed by atoms with Crippen molar-refractivity contribution in [2.75, 3.05) is 19.7 Å². The summed E-state index contributed by atoms with van der Waals surface area (Å²) in [4.78, 5) is 0. The van der Waals surface area contributed by atoms with E-state index < -0.39 is 0 Å². The molecule has 0 heterocycles. The van der Waals surface area contributed by atoms with Gasteiger partial charge in [0, 0.05) is 0 Å². The first kappa shape index (κ1) is 16.0. The zero-order chi connectivity index (χ0) is 13.9. The van der Waals surface area contributed by atoms with Crippen LogP contribution in [-0.4, -0.2) is 19.7 Å². The maximum Gasteiger partial charge on any atom is 0.119 e. The van der Waals surface area contributed by atoms with Crippen molar-refractivity contribution in [2.24, 2.45) is 0 Å². The highest BCUT2D eigenvalue weighted by Gasteiger charge is 1.97. The van der Waals surface area contributed by atoms with E-state index in [1.807, 2.05) is 0 Å². The van der Waals surface area contributed by atoms with Crippen molar-refractivity contribution in [1.29, 1.82) is 0 Å². The Hall–Kier alpha value is -1.02. The van der Waals surface area contributed by atoms with Crippen LogP contribution < -0.4 is 10.1 Å². The fourth-order valence-corrected chi connectivity index (χ4v) is 2.16. The van der Waals surface area contributed by atoms with Gasteiger partial charge in [0.2, 0.25) is 0 Å². The Kier molecular flexibility index (Phi) is 8.31. The second kappa shape index (κ2) is 9.85. The molecule has 0 amide bonds. The highest BCUT2D eigenvalue weighted by atomic mass is 16.5. The number of aryl methyl sites for hydroxylation is 2. The SMILES string of the molecule is CCCCNCCCCCOc1cc(C)cc(C)c1. The third-order valence-corrected chi connectivity index (χ3v) is 3.17. The van der Waals surface area contributed by atoms with Gasteiger partial charge in [0.05, 0.1) is 6.61 Å². The quantitative estimate of drug-likeness (QED) is 0.637. The Morgan fingerprint density at radius 1 is 0.895 bits per heavy atom. The minimum absolute atomic E-state index is 0.831. The van der Waals surface area contributed by atoms with Gasteiger partial charge < -0.3 is 10.1 Å². The molecule has 19 heavy (non-hydrogen) atoms. The fourth-order valence-electron chi connectivity index (χ4n) is 2.16. The molecule has 0 aliphatic carbocycles. The molecule has 0 spiro atoms. The van der Waals surface area contributed by atoms with E-state index in [4.69, 9.17) is 4.74 Å². The summed E-state index contributed by atoms with van der Waals surface area (Å²) in [6.45, 7) is 9.59. The predicted molar refractivity (Wildman–Crippen MR) is 83.0 cm³/mol. The van der Waals surface area contributed by atoms with Gasteiger partial charge in [0.25, 0.3) is 0 Å². The number of rotatable bonds is 10. The number of ether oxygens (including phenoxy) is 1. The minimum Gasteiger partial charge on any atom is -0.494 e. The first-order chi connectivity index (χ1) is 9.22. The van der Waals surface area contributed by atoms with Crippen LogP contribution in [0.3, 0.4) is 0 Å². The monoisotopic (exact) mass is 263 g/mol. The van der Waals surface area contributed by atoms with E-state index >= 15 is 0 Å². The number of nitrogens with one attached hydrogen (secondary N) is 1. The summed E-state index contributed by atoms with van der Waals surface area (Å²) in [5, 5.41) is 3.47. The Bertz CT molecular complexity index is 329. The molecule has 1 aromatic carbocycles. The molecule has 1 aromatic rings. The zero-order valence-corrected chi connectivity index (χ0v) is 12.8. The molecule has 0 radical (unpaired) electrons. The highest BCUT2D eigenvalue weighted by Crippen LogP contribution is 2.16. The lowest BCUT2D eigenvalue weighted by molar-refractivity contribution is 0.304. The minimum atomic E-state index is 0.831. The third-order valence-electron chi connectivity index (χ3n) is 3.17. The molecule has 1 rings (SSSR count). The van der Waals surface area contributed by atoms with Gasteiger partial charge in [0.1, 0.15) is 5.75 Å². The molecule has 108 valence electrons. The van der Waals surface area contributed by atoms with Crippen LogP contribution in [0.1, 0.15) is 50.2 Å². The molecule has 0 saturated heterocycles. The molecule has 0 bridgehead atoms. The summed E-state index contributed by atoms with van der Waals surface area (Å²) in [6.07, 6.45) is 6.19. The van der Waals surface area contributed by atoms with Crippen molar-refractivity contribution in [1.82, 2.24) is 5.32 Å². The van der Waals surface area contributed by atoms with E-state index in [1.165, 1.54) is 36.8 Å². The van der Waals surface area contributed by atoms with Crippen LogP contribution in [-0.2, 0) is 0 Å². The predicted octanol–water partition coefficient (Wildman–Crippen LogP) is 4.24. The zero-order valence-electron chi connectivity index (χ0n) is 12.8. The second-order valence-corrected chi connectivity index (χ2v) is 5.34. The van der Waals surface area contributed by atoms with Gasteiger partial charge in [-0.1, -0.05) is 19.4 Å². The molecular formula is C17H29NO. The summed E-state index contributed by atoms with van der Waals surface area (Å²) in [6, 6.07) is 6.40. The van der Waals surface area contributed by atoms with Gasteiger partial charge in [-0.3, -0.25) is 0 Å². The average molecular weight is 263 g/mol. The number of hydrogen-bond acceptors (Lipinski definition) is 2. The van der Waals surface area contributed by atoms with Crippen LogP contribution in [0.25, 0.3) is 0 Å². The molecule has 0 atom stereocenters. The first-order valence-electron chi connectivity index (χ1n) is 7.64. The van der Waals surface area contributed by atoms with Gasteiger partial charge >= 0.3 is 0 Å². The summed E-state index contributed by atoms with van der Waals surface area (Å²) in [5.74, 6) is 1.01. The smallest absolute Gasteiger partial charge is 0.119 e. The van der Waals surface area contributed by atoms with E-state index in [1.54, 1.807) is 0 Å². The van der Waals surface area contributed by atoms with E-state index in [0.29, 0.717) is 0 Å². The maximum atomic E-state index is 5.79. The second-order valence-electron chi connectivity index (χ2n) is 5.34. The standard InChI is InChI=1S/C17H29NO/c1-4-5-9-18-10-7-6-8-11-19-17-13-15(2)12-16(3)14-17/h12-14,18H,4-11H2,1-3H3. The summed E-state index contributed by atoms with van der Waals surface area (Å²) in [5.41, 5.74) is 2.55. The van der Waals surface area contributed by atoms with Crippen molar-refractivity contribution < 1.29 is 4.74 Å². The van der Waals surface area contributed by atoms with Crippen LogP contribution in [0, 0.1) is 13.8 Å². The molecule has 0 unspecified atom stereocenters. The van der Waals surface area contributed by atoms with Crippen molar-refractivity contribution >= 4 is 0 Å². The number of benzene rings is 1. The summed E-state index contributed by atoms with van der Waals surface area (Å²) in [7, 11) is 0. The van der Waals surface area contributed by atoms with E-state index in [-0.39, 0.29) is 0 Å². The lowest BCUT2D eigenvalue weighted by Gasteiger charge is -2.08. The Morgan fingerprint density at radius 3 is 2.26 bits per heavy atom. The van der Waals surface area contributed by atoms with Crippen molar-refractivity contribution in [3.8, 4) is 5.75 Å². The summed E-state index contributed by atoms with van der Waals surface area (Å²) < 4.78 is 5.79. The van der Waals surface area contributed by atoms with E-state index in [9.17, 15) is 0 Å². The van der Waals surface area contributed by atoms with Crippen LogP contribution in [0.15, 0.2) is 18.2 Å². The number of unbranched alkanes of at least 4 members (excludes halogenated alkanes) is 3. The van der Waals surface area contributed by atoms with Crippen LogP contribution >= 0.6 is 0 Å². The molecule has 2 heteroatoms. The van der Waals surface area contributed by atoms with E-state index in [0.717, 1.165) is 31.9 Å².